The number of aromatic nitrogens is 1. The number of morpholine rings is 1. The van der Waals surface area contributed by atoms with E-state index in [-0.39, 0.29) is 30.2 Å². The molecule has 4 rings (SSSR count). The fourth-order valence-electron chi connectivity index (χ4n) is 4.42. The number of nitrogens with one attached hydrogen (secondary N) is 1. The van der Waals surface area contributed by atoms with Gasteiger partial charge in [-0.05, 0) is 25.3 Å². The second-order valence-electron chi connectivity index (χ2n) is 7.96. The number of nitrogens with zero attached hydrogens (tertiary/aromatic N) is 4. The number of likely N-dealkylation sites (N-methyl/N-ethyl adjacent to an activating group) is 1. The molecule has 0 bridgehead atoms. The van der Waals surface area contributed by atoms with Crippen molar-refractivity contribution >= 4 is 23.5 Å². The lowest BCUT2D eigenvalue weighted by molar-refractivity contribution is -0.126. The topological polar surface area (TPSA) is 78.0 Å². The van der Waals surface area contributed by atoms with E-state index in [0.717, 1.165) is 19.3 Å². The van der Waals surface area contributed by atoms with Gasteiger partial charge in [-0.2, -0.15) is 0 Å². The van der Waals surface area contributed by atoms with Gasteiger partial charge < -0.3 is 24.8 Å². The molecule has 162 valence electrons. The minimum Gasteiger partial charge on any atom is -0.378 e. The Bertz CT molecular complexity index is 856. The highest BCUT2D eigenvalue weighted by molar-refractivity contribution is 6.03. The van der Waals surface area contributed by atoms with Crippen LogP contribution < -0.4 is 15.1 Å². The number of hydrogen-bond acceptors (Lipinski definition) is 6. The van der Waals surface area contributed by atoms with Crippen LogP contribution in [0, 0.1) is 5.82 Å². The Morgan fingerprint density at radius 1 is 1.33 bits per heavy atom. The summed E-state index contributed by atoms with van der Waals surface area (Å²) in [6, 6.07) is -0.0703. The zero-order valence-electron chi connectivity index (χ0n) is 17.3. The molecule has 30 heavy (non-hydrogen) atoms. The molecular weight excluding hydrogens is 389 g/mol. The summed E-state index contributed by atoms with van der Waals surface area (Å²) in [5.41, 5.74) is 0.696. The van der Waals surface area contributed by atoms with Crippen LogP contribution in [0.25, 0.3) is 0 Å². The highest BCUT2D eigenvalue weighted by atomic mass is 19.1. The first-order chi connectivity index (χ1) is 14.5. The Balaban J connectivity index is 1.70. The van der Waals surface area contributed by atoms with Gasteiger partial charge in [0.2, 0.25) is 5.91 Å². The number of likely N-dealkylation sites (tertiary alicyclic amines) is 1. The van der Waals surface area contributed by atoms with E-state index >= 15 is 4.39 Å². The van der Waals surface area contributed by atoms with Crippen LogP contribution in [-0.4, -0.2) is 74.2 Å². The van der Waals surface area contributed by atoms with Gasteiger partial charge in [0.1, 0.15) is 5.82 Å². The summed E-state index contributed by atoms with van der Waals surface area (Å²) >= 11 is 0. The molecule has 9 heteroatoms. The molecule has 1 N–H and O–H groups in total. The number of carbonyl (C=O) groups is 2. The van der Waals surface area contributed by atoms with E-state index in [1.165, 1.54) is 6.08 Å². The van der Waals surface area contributed by atoms with Crippen LogP contribution >= 0.6 is 0 Å². The van der Waals surface area contributed by atoms with Crippen molar-refractivity contribution in [3.8, 4) is 0 Å². The molecule has 2 amide bonds. The van der Waals surface area contributed by atoms with Crippen LogP contribution in [0.1, 0.15) is 35.2 Å². The van der Waals surface area contributed by atoms with Gasteiger partial charge >= 0.3 is 0 Å². The average molecular weight is 417 g/mol. The second kappa shape index (κ2) is 8.59. The summed E-state index contributed by atoms with van der Waals surface area (Å²) in [6.07, 6.45) is 4.00. The normalized spacial score (nSPS) is 21.7. The van der Waals surface area contributed by atoms with E-state index in [4.69, 9.17) is 4.74 Å². The van der Waals surface area contributed by atoms with Crippen molar-refractivity contribution < 1.29 is 18.7 Å². The number of ether oxygens (including phenoxy) is 1. The second-order valence-corrected chi connectivity index (χ2v) is 7.96. The van der Waals surface area contributed by atoms with Crippen LogP contribution in [0.3, 0.4) is 0 Å². The predicted molar refractivity (Wildman–Crippen MR) is 111 cm³/mol. The van der Waals surface area contributed by atoms with Crippen molar-refractivity contribution in [1.29, 1.82) is 0 Å². The first-order valence-corrected chi connectivity index (χ1v) is 10.5. The monoisotopic (exact) mass is 417 g/mol. The van der Waals surface area contributed by atoms with Crippen molar-refractivity contribution in [2.45, 2.75) is 31.8 Å². The van der Waals surface area contributed by atoms with E-state index in [1.54, 1.807) is 4.90 Å². The van der Waals surface area contributed by atoms with E-state index in [9.17, 15) is 9.59 Å². The number of pyridine rings is 1. The van der Waals surface area contributed by atoms with E-state index in [0.29, 0.717) is 56.3 Å². The average Bonchev–Trinajstić information content (AvgIpc) is 3.00. The molecule has 2 fully saturated rings. The van der Waals surface area contributed by atoms with Gasteiger partial charge in [-0.1, -0.05) is 6.58 Å². The molecule has 4 heterocycles. The van der Waals surface area contributed by atoms with Crippen molar-refractivity contribution in [3.05, 3.63) is 29.6 Å². The maximum Gasteiger partial charge on any atom is 0.255 e. The maximum absolute atomic E-state index is 15.5. The molecule has 1 aromatic heterocycles. The molecule has 3 aliphatic heterocycles. The summed E-state index contributed by atoms with van der Waals surface area (Å²) < 4.78 is 20.9. The highest BCUT2D eigenvalue weighted by Crippen LogP contribution is 2.34. The number of carbonyl (C=O) groups excluding carboxylic acids is 2. The molecular formula is C21H28FN5O3. The number of amides is 2. The third-order valence-electron chi connectivity index (χ3n) is 6.18. The van der Waals surface area contributed by atoms with E-state index in [2.05, 4.69) is 16.9 Å². The fourth-order valence-corrected chi connectivity index (χ4v) is 4.42. The quantitative estimate of drug-likeness (QED) is 0.745. The van der Waals surface area contributed by atoms with Crippen LogP contribution in [0.4, 0.5) is 16.0 Å². The third-order valence-corrected chi connectivity index (χ3v) is 6.18. The molecule has 1 atom stereocenters. The van der Waals surface area contributed by atoms with Gasteiger partial charge in [-0.25, -0.2) is 9.37 Å². The van der Waals surface area contributed by atoms with Crippen molar-refractivity contribution in [2.75, 3.05) is 56.2 Å². The van der Waals surface area contributed by atoms with Gasteiger partial charge in [0.05, 0.1) is 18.8 Å². The van der Waals surface area contributed by atoms with Crippen molar-refractivity contribution in [3.63, 3.8) is 0 Å². The lowest BCUT2D eigenvalue weighted by Gasteiger charge is -2.34. The van der Waals surface area contributed by atoms with Crippen molar-refractivity contribution in [1.82, 2.24) is 15.2 Å². The molecule has 0 aliphatic carbocycles. The van der Waals surface area contributed by atoms with Gasteiger partial charge in [-0.15, -0.1) is 0 Å². The molecule has 0 radical (unpaired) electrons. The molecule has 3 aliphatic rings. The standard InChI is InChI=1S/C21H28FN5O3/c1-3-16(28)27-7-5-4-6-14(13-27)25(2)20-18(22)15-12-23-21(29)17(15)19(24-20)26-8-10-30-11-9-26/h3,14H,1,4-13H2,2H3,(H,23,29). The van der Waals surface area contributed by atoms with Crippen LogP contribution in [0.2, 0.25) is 0 Å². The number of rotatable bonds is 4. The molecule has 0 saturated carbocycles. The smallest absolute Gasteiger partial charge is 0.255 e. The largest absolute Gasteiger partial charge is 0.378 e. The highest BCUT2D eigenvalue weighted by Gasteiger charge is 2.35. The fraction of sp³-hybridized carbons (Fsp3) is 0.571. The molecule has 2 saturated heterocycles. The summed E-state index contributed by atoms with van der Waals surface area (Å²) in [5.74, 6) is -0.122. The number of hydrogen-bond donors (Lipinski definition) is 1. The molecule has 8 nitrogen and oxygen atoms in total. The minimum absolute atomic E-state index is 0.0703. The third kappa shape index (κ3) is 3.74. The summed E-state index contributed by atoms with van der Waals surface area (Å²) in [7, 11) is 1.82. The Morgan fingerprint density at radius 3 is 2.83 bits per heavy atom. The van der Waals surface area contributed by atoms with Gasteiger partial charge in [-0.3, -0.25) is 9.59 Å². The lowest BCUT2D eigenvalue weighted by Crippen LogP contribution is -2.44. The zero-order valence-corrected chi connectivity index (χ0v) is 17.3. The Kier molecular flexibility index (Phi) is 5.90. The van der Waals surface area contributed by atoms with Crippen molar-refractivity contribution in [2.24, 2.45) is 0 Å². The number of halogens is 1. The van der Waals surface area contributed by atoms with Crippen LogP contribution in [-0.2, 0) is 16.1 Å². The number of fused-ring (bicyclic) bond motifs is 1. The molecule has 1 unspecified atom stereocenters. The SMILES string of the molecule is C=CC(=O)N1CCCCC(N(C)c2nc(N3CCOCC3)c3c(c2F)CNC3=O)C1. The number of anilines is 2. The summed E-state index contributed by atoms with van der Waals surface area (Å²) in [5, 5.41) is 2.73. The lowest BCUT2D eigenvalue weighted by atomic mass is 10.1. The van der Waals surface area contributed by atoms with E-state index < -0.39 is 5.82 Å². The Hall–Kier alpha value is -2.68. The summed E-state index contributed by atoms with van der Waals surface area (Å²) in [4.78, 5) is 34.8. The Labute approximate surface area is 175 Å². The maximum atomic E-state index is 15.5. The first kappa shape index (κ1) is 20.6. The first-order valence-electron chi connectivity index (χ1n) is 10.5. The van der Waals surface area contributed by atoms with Gasteiger partial charge in [0, 0.05) is 51.4 Å². The Morgan fingerprint density at radius 2 is 2.10 bits per heavy atom. The zero-order chi connectivity index (χ0) is 21.3. The molecule has 0 aromatic carbocycles. The molecule has 0 spiro atoms. The molecule has 1 aromatic rings. The van der Waals surface area contributed by atoms with Gasteiger partial charge in [0.15, 0.2) is 11.6 Å². The predicted octanol–water partition coefficient (Wildman–Crippen LogP) is 1.30. The van der Waals surface area contributed by atoms with Gasteiger partial charge in [0.25, 0.3) is 5.91 Å². The van der Waals surface area contributed by atoms with E-state index in [1.807, 2.05) is 16.8 Å². The summed E-state index contributed by atoms with van der Waals surface area (Å²) in [6.45, 7) is 7.20. The van der Waals surface area contributed by atoms with Crippen LogP contribution in [0.5, 0.6) is 0 Å². The minimum atomic E-state index is -0.464. The van der Waals surface area contributed by atoms with Crippen LogP contribution in [0.15, 0.2) is 12.7 Å².